The highest BCUT2D eigenvalue weighted by Gasteiger charge is 2.25. The molecule has 0 N–H and O–H groups in total. The van der Waals surface area contributed by atoms with E-state index in [0.717, 1.165) is 4.31 Å². The lowest BCUT2D eigenvalue weighted by Gasteiger charge is -2.22. The summed E-state index contributed by atoms with van der Waals surface area (Å²) < 4.78 is 26.1. The van der Waals surface area contributed by atoms with Gasteiger partial charge >= 0.3 is 0 Å². The van der Waals surface area contributed by atoms with Gasteiger partial charge in [-0.15, -0.1) is 0 Å². The number of nitro benzene ring substituents is 1. The van der Waals surface area contributed by atoms with Crippen LogP contribution in [0.5, 0.6) is 0 Å². The van der Waals surface area contributed by atoms with Crippen molar-refractivity contribution in [1.29, 1.82) is 0 Å². The first kappa shape index (κ1) is 19.0. The molecule has 0 atom stereocenters. The monoisotopic (exact) mass is 343 g/mol. The molecule has 0 aliphatic rings. The van der Waals surface area contributed by atoms with Gasteiger partial charge in [0, 0.05) is 32.8 Å². The Kier molecular flexibility index (Phi) is 6.64. The maximum atomic E-state index is 12.5. The highest BCUT2D eigenvalue weighted by Crippen LogP contribution is 2.16. The van der Waals surface area contributed by atoms with Gasteiger partial charge in [0.05, 0.1) is 17.2 Å². The van der Waals surface area contributed by atoms with E-state index < -0.39 is 14.9 Å². The van der Waals surface area contributed by atoms with Gasteiger partial charge < -0.3 is 4.90 Å². The van der Waals surface area contributed by atoms with Gasteiger partial charge in [0.2, 0.25) is 15.9 Å². The molecule has 0 bridgehead atoms. The van der Waals surface area contributed by atoms with Crippen LogP contribution in [0.4, 0.5) is 5.69 Å². The fraction of sp³-hybridized carbons (Fsp3) is 0.500. The van der Waals surface area contributed by atoms with Crippen molar-refractivity contribution < 1.29 is 18.1 Å². The van der Waals surface area contributed by atoms with E-state index in [9.17, 15) is 23.3 Å². The fourth-order valence-electron chi connectivity index (χ4n) is 1.87. The van der Waals surface area contributed by atoms with Gasteiger partial charge in [0.15, 0.2) is 0 Å². The van der Waals surface area contributed by atoms with E-state index in [0.29, 0.717) is 12.0 Å². The first-order valence-electron chi connectivity index (χ1n) is 7.08. The van der Waals surface area contributed by atoms with E-state index in [1.807, 2.05) is 6.92 Å². The number of hydrogen-bond donors (Lipinski definition) is 0. The molecule has 0 fully saturated rings. The predicted octanol–water partition coefficient (Wildman–Crippen LogP) is 1.22. The molecule has 128 valence electrons. The van der Waals surface area contributed by atoms with Crippen molar-refractivity contribution in [2.75, 3.05) is 27.2 Å². The highest BCUT2D eigenvalue weighted by molar-refractivity contribution is 7.88. The highest BCUT2D eigenvalue weighted by atomic mass is 32.2. The Balaban J connectivity index is 2.92. The molecule has 0 radical (unpaired) electrons. The van der Waals surface area contributed by atoms with Gasteiger partial charge in [-0.2, -0.15) is 4.31 Å². The van der Waals surface area contributed by atoms with Crippen molar-refractivity contribution in [2.45, 2.75) is 19.1 Å². The Hall–Kier alpha value is -2.00. The molecular formula is C14H21N3O5S. The molecule has 1 aromatic rings. The molecule has 1 aromatic carbocycles. The van der Waals surface area contributed by atoms with Crippen LogP contribution in [0, 0.1) is 10.1 Å². The lowest BCUT2D eigenvalue weighted by Crippen LogP contribution is -2.41. The summed E-state index contributed by atoms with van der Waals surface area (Å²) in [5, 5.41) is 10.6. The lowest BCUT2D eigenvalue weighted by atomic mass is 10.2. The quantitative estimate of drug-likeness (QED) is 0.522. The molecule has 1 rings (SSSR count). The van der Waals surface area contributed by atoms with Gasteiger partial charge in [-0.05, 0) is 12.0 Å². The number of hydrogen-bond acceptors (Lipinski definition) is 5. The van der Waals surface area contributed by atoms with Crippen LogP contribution in [0.1, 0.15) is 18.9 Å². The van der Waals surface area contributed by atoms with Crippen molar-refractivity contribution in [3.05, 3.63) is 39.9 Å². The molecule has 0 aliphatic heterocycles. The number of likely N-dealkylation sites (N-methyl/N-ethyl adjacent to an activating group) is 1. The summed E-state index contributed by atoms with van der Waals surface area (Å²) in [7, 11) is -0.554. The average molecular weight is 343 g/mol. The van der Waals surface area contributed by atoms with Crippen LogP contribution in [0.25, 0.3) is 0 Å². The Bertz CT molecular complexity index is 655. The molecule has 0 aliphatic carbocycles. The summed E-state index contributed by atoms with van der Waals surface area (Å²) in [5.74, 6) is -0.600. The Morgan fingerprint density at radius 1 is 1.22 bits per heavy atom. The second kappa shape index (κ2) is 8.02. The number of carbonyl (C=O) groups excluding carboxylic acids is 1. The van der Waals surface area contributed by atoms with E-state index in [1.54, 1.807) is 14.1 Å². The fourth-order valence-corrected chi connectivity index (χ4v) is 3.44. The number of nitrogens with zero attached hydrogens (tertiary/aromatic N) is 3. The SMILES string of the molecule is CCCN(CC(=O)N(C)C)S(=O)(=O)Cc1ccc([N+](=O)[O-])cc1. The molecule has 0 saturated heterocycles. The van der Waals surface area contributed by atoms with Crippen LogP contribution in [-0.4, -0.2) is 55.6 Å². The van der Waals surface area contributed by atoms with Crippen LogP contribution in [0.3, 0.4) is 0 Å². The molecule has 8 nitrogen and oxygen atoms in total. The summed E-state index contributed by atoms with van der Waals surface area (Å²) in [6.45, 7) is 1.86. The summed E-state index contributed by atoms with van der Waals surface area (Å²) in [6.07, 6.45) is 0.584. The molecule has 9 heteroatoms. The molecule has 0 heterocycles. The molecular weight excluding hydrogens is 322 g/mol. The van der Waals surface area contributed by atoms with Crippen LogP contribution in [0.2, 0.25) is 0 Å². The number of nitro groups is 1. The third kappa shape index (κ3) is 5.61. The Morgan fingerprint density at radius 2 is 1.78 bits per heavy atom. The van der Waals surface area contributed by atoms with Crippen molar-refractivity contribution >= 4 is 21.6 Å². The topological polar surface area (TPSA) is 101 Å². The zero-order chi connectivity index (χ0) is 17.6. The molecule has 0 saturated carbocycles. The van der Waals surface area contributed by atoms with E-state index in [4.69, 9.17) is 0 Å². The maximum Gasteiger partial charge on any atom is 0.269 e. The predicted molar refractivity (Wildman–Crippen MR) is 86.3 cm³/mol. The molecule has 0 spiro atoms. The zero-order valence-corrected chi connectivity index (χ0v) is 14.2. The zero-order valence-electron chi connectivity index (χ0n) is 13.4. The Morgan fingerprint density at radius 3 is 2.22 bits per heavy atom. The number of amides is 1. The summed E-state index contributed by atoms with van der Waals surface area (Å²) in [4.78, 5) is 23.2. The van der Waals surface area contributed by atoms with Crippen molar-refractivity contribution in [3.63, 3.8) is 0 Å². The van der Waals surface area contributed by atoms with Crippen LogP contribution >= 0.6 is 0 Å². The van der Waals surface area contributed by atoms with Crippen LogP contribution < -0.4 is 0 Å². The minimum atomic E-state index is -3.68. The Labute approximate surface area is 135 Å². The van der Waals surface area contributed by atoms with Gasteiger partial charge in [-0.3, -0.25) is 14.9 Å². The number of benzene rings is 1. The van der Waals surface area contributed by atoms with E-state index in [-0.39, 0.29) is 30.4 Å². The number of rotatable bonds is 8. The molecule has 0 unspecified atom stereocenters. The molecule has 23 heavy (non-hydrogen) atoms. The summed E-state index contributed by atoms with van der Waals surface area (Å²) in [5.41, 5.74) is 0.341. The second-order valence-electron chi connectivity index (χ2n) is 5.30. The smallest absolute Gasteiger partial charge is 0.269 e. The minimum Gasteiger partial charge on any atom is -0.348 e. The first-order valence-corrected chi connectivity index (χ1v) is 8.69. The van der Waals surface area contributed by atoms with Crippen molar-refractivity contribution in [1.82, 2.24) is 9.21 Å². The number of carbonyl (C=O) groups is 1. The standard InChI is InChI=1S/C14H21N3O5S/c1-4-9-16(10-14(18)15(2)3)23(21,22)11-12-5-7-13(8-6-12)17(19)20/h5-8H,4,9-11H2,1-3H3. The molecule has 1 amide bonds. The normalized spacial score (nSPS) is 11.5. The van der Waals surface area contributed by atoms with Crippen LogP contribution in [-0.2, 0) is 20.6 Å². The lowest BCUT2D eigenvalue weighted by molar-refractivity contribution is -0.384. The third-order valence-electron chi connectivity index (χ3n) is 3.17. The van der Waals surface area contributed by atoms with Gasteiger partial charge in [-0.1, -0.05) is 19.1 Å². The first-order chi connectivity index (χ1) is 10.7. The minimum absolute atomic E-state index is 0.0978. The average Bonchev–Trinajstić information content (AvgIpc) is 2.46. The van der Waals surface area contributed by atoms with Crippen molar-refractivity contribution in [3.8, 4) is 0 Å². The molecule has 0 aromatic heterocycles. The van der Waals surface area contributed by atoms with Gasteiger partial charge in [0.25, 0.3) is 5.69 Å². The largest absolute Gasteiger partial charge is 0.348 e. The third-order valence-corrected chi connectivity index (χ3v) is 4.97. The van der Waals surface area contributed by atoms with Gasteiger partial charge in [0.1, 0.15) is 0 Å². The number of sulfonamides is 1. The van der Waals surface area contributed by atoms with E-state index in [1.165, 1.54) is 29.2 Å². The summed E-state index contributed by atoms with van der Waals surface area (Å²) >= 11 is 0. The van der Waals surface area contributed by atoms with Gasteiger partial charge in [-0.25, -0.2) is 8.42 Å². The van der Waals surface area contributed by atoms with E-state index >= 15 is 0 Å². The summed E-state index contributed by atoms with van der Waals surface area (Å²) in [6, 6.07) is 5.35. The number of non-ortho nitro benzene ring substituents is 1. The maximum absolute atomic E-state index is 12.5. The second-order valence-corrected chi connectivity index (χ2v) is 7.27. The van der Waals surface area contributed by atoms with Crippen LogP contribution in [0.15, 0.2) is 24.3 Å². The van der Waals surface area contributed by atoms with Crippen molar-refractivity contribution in [2.24, 2.45) is 0 Å². The van der Waals surface area contributed by atoms with E-state index in [2.05, 4.69) is 0 Å².